The summed E-state index contributed by atoms with van der Waals surface area (Å²) in [6.45, 7) is 0. The number of nitrogens with one attached hydrogen (secondary N) is 2. The maximum absolute atomic E-state index is 13.6. The van der Waals surface area contributed by atoms with E-state index in [2.05, 4.69) is 10.3 Å². The number of fused-ring (bicyclic) bond motifs is 1. The summed E-state index contributed by atoms with van der Waals surface area (Å²) in [6, 6.07) is 11.2. The first kappa shape index (κ1) is 12.7. The predicted octanol–water partition coefficient (Wildman–Crippen LogP) is 4.21. The van der Waals surface area contributed by atoms with Gasteiger partial charge in [0.05, 0.1) is 5.69 Å². The Morgan fingerprint density at radius 1 is 1.15 bits per heavy atom. The van der Waals surface area contributed by atoms with E-state index in [0.717, 1.165) is 17.0 Å². The molecule has 0 radical (unpaired) electrons. The summed E-state index contributed by atoms with van der Waals surface area (Å²) in [6.07, 6.45) is 1.80. The van der Waals surface area contributed by atoms with Gasteiger partial charge >= 0.3 is 0 Å². The van der Waals surface area contributed by atoms with Crippen LogP contribution in [-0.2, 0) is 0 Å². The molecule has 5 heteroatoms. The van der Waals surface area contributed by atoms with Crippen LogP contribution in [0.1, 0.15) is 10.4 Å². The van der Waals surface area contributed by atoms with Crippen molar-refractivity contribution in [3.05, 3.63) is 65.1 Å². The minimum Gasteiger partial charge on any atom is -0.361 e. The van der Waals surface area contributed by atoms with Crippen LogP contribution >= 0.6 is 11.6 Å². The normalized spacial score (nSPS) is 10.7. The lowest BCUT2D eigenvalue weighted by Gasteiger charge is -2.07. The number of H-pyrrole nitrogens is 1. The molecule has 0 atom stereocenters. The first-order valence-corrected chi connectivity index (χ1v) is 6.35. The van der Waals surface area contributed by atoms with E-state index in [0.29, 0.717) is 5.56 Å². The number of hydrogen-bond donors (Lipinski definition) is 2. The molecule has 0 aliphatic carbocycles. The second-order valence-electron chi connectivity index (χ2n) is 4.36. The van der Waals surface area contributed by atoms with Crippen molar-refractivity contribution in [1.29, 1.82) is 0 Å². The molecule has 0 aliphatic rings. The Balaban J connectivity index is 1.88. The van der Waals surface area contributed by atoms with Crippen LogP contribution in [0.4, 0.5) is 10.1 Å². The molecule has 1 heterocycles. The Morgan fingerprint density at radius 3 is 2.80 bits per heavy atom. The van der Waals surface area contributed by atoms with E-state index in [1.165, 1.54) is 12.1 Å². The number of benzene rings is 2. The second kappa shape index (κ2) is 4.98. The van der Waals surface area contributed by atoms with Gasteiger partial charge in [-0.2, -0.15) is 0 Å². The smallest absolute Gasteiger partial charge is 0.255 e. The van der Waals surface area contributed by atoms with Gasteiger partial charge in [-0.15, -0.1) is 0 Å². The highest BCUT2D eigenvalue weighted by molar-refractivity contribution is 6.30. The van der Waals surface area contributed by atoms with Crippen LogP contribution in [0.5, 0.6) is 0 Å². The fraction of sp³-hybridized carbons (Fsp3) is 0. The number of halogens is 2. The lowest BCUT2D eigenvalue weighted by Crippen LogP contribution is -2.12. The van der Waals surface area contributed by atoms with Crippen LogP contribution in [0.15, 0.2) is 48.7 Å². The molecule has 3 rings (SSSR count). The lowest BCUT2D eigenvalue weighted by molar-refractivity contribution is 0.102. The molecular weight excluding hydrogens is 279 g/mol. The van der Waals surface area contributed by atoms with Crippen LogP contribution in [0.2, 0.25) is 5.02 Å². The highest BCUT2D eigenvalue weighted by Gasteiger charge is 2.10. The van der Waals surface area contributed by atoms with Crippen molar-refractivity contribution in [2.24, 2.45) is 0 Å². The number of rotatable bonds is 2. The first-order chi connectivity index (χ1) is 9.63. The summed E-state index contributed by atoms with van der Waals surface area (Å²) in [7, 11) is 0. The van der Waals surface area contributed by atoms with Crippen LogP contribution < -0.4 is 5.32 Å². The molecule has 2 aromatic carbocycles. The summed E-state index contributed by atoms with van der Waals surface area (Å²) in [4.78, 5) is 15.1. The minimum absolute atomic E-state index is 0.105. The molecule has 0 spiro atoms. The van der Waals surface area contributed by atoms with E-state index in [9.17, 15) is 9.18 Å². The molecule has 100 valence electrons. The van der Waals surface area contributed by atoms with Gasteiger partial charge in [0.25, 0.3) is 5.91 Å². The fourth-order valence-corrected chi connectivity index (χ4v) is 2.14. The molecule has 0 aliphatic heterocycles. The third-order valence-corrected chi connectivity index (χ3v) is 3.23. The molecule has 1 amide bonds. The minimum atomic E-state index is -0.562. The SMILES string of the molecule is O=C(Nc1ccc(Cl)cc1F)c1ccc2[nH]ccc2c1. The quantitative estimate of drug-likeness (QED) is 0.729. The Labute approximate surface area is 119 Å². The number of anilines is 1. The number of aromatic nitrogens is 1. The van der Waals surface area contributed by atoms with Crippen LogP contribution in [0.25, 0.3) is 10.9 Å². The van der Waals surface area contributed by atoms with Gasteiger partial charge in [-0.3, -0.25) is 4.79 Å². The third kappa shape index (κ3) is 2.38. The molecule has 1 aromatic heterocycles. The van der Waals surface area contributed by atoms with E-state index >= 15 is 0 Å². The summed E-state index contributed by atoms with van der Waals surface area (Å²) in [5, 5.41) is 3.74. The topological polar surface area (TPSA) is 44.9 Å². The molecule has 0 saturated carbocycles. The monoisotopic (exact) mass is 288 g/mol. The predicted molar refractivity (Wildman–Crippen MR) is 77.7 cm³/mol. The molecule has 0 fully saturated rings. The zero-order chi connectivity index (χ0) is 14.1. The summed E-state index contributed by atoms with van der Waals surface area (Å²) in [5.41, 5.74) is 1.51. The van der Waals surface area contributed by atoms with Gasteiger partial charge in [0.15, 0.2) is 0 Å². The van der Waals surface area contributed by atoms with E-state index < -0.39 is 5.82 Å². The third-order valence-electron chi connectivity index (χ3n) is 2.99. The Hall–Kier alpha value is -2.33. The molecule has 0 bridgehead atoms. The second-order valence-corrected chi connectivity index (χ2v) is 4.79. The maximum atomic E-state index is 13.6. The Morgan fingerprint density at radius 2 is 2.00 bits per heavy atom. The maximum Gasteiger partial charge on any atom is 0.255 e. The summed E-state index contributed by atoms with van der Waals surface area (Å²) < 4.78 is 13.6. The van der Waals surface area contributed by atoms with Gasteiger partial charge in [0.1, 0.15) is 5.82 Å². The van der Waals surface area contributed by atoms with Gasteiger partial charge in [0, 0.05) is 27.7 Å². The van der Waals surface area contributed by atoms with Gasteiger partial charge in [-0.25, -0.2) is 4.39 Å². The molecule has 0 unspecified atom stereocenters. The number of amides is 1. The fourth-order valence-electron chi connectivity index (χ4n) is 1.98. The number of aromatic amines is 1. The summed E-state index contributed by atoms with van der Waals surface area (Å²) >= 11 is 5.67. The van der Waals surface area contributed by atoms with Gasteiger partial charge in [-0.1, -0.05) is 11.6 Å². The van der Waals surface area contributed by atoms with Crippen LogP contribution in [-0.4, -0.2) is 10.9 Å². The van der Waals surface area contributed by atoms with E-state index in [4.69, 9.17) is 11.6 Å². The average Bonchev–Trinajstić information content (AvgIpc) is 2.89. The van der Waals surface area contributed by atoms with Crippen LogP contribution in [0.3, 0.4) is 0 Å². The summed E-state index contributed by atoms with van der Waals surface area (Å²) in [5.74, 6) is -0.928. The number of hydrogen-bond acceptors (Lipinski definition) is 1. The standard InChI is InChI=1S/C15H10ClFN2O/c16-11-2-4-14(12(17)8-11)19-15(20)10-1-3-13-9(7-10)5-6-18-13/h1-8,18H,(H,19,20). The van der Waals surface area contributed by atoms with E-state index in [-0.39, 0.29) is 16.6 Å². The Bertz CT molecular complexity index is 797. The zero-order valence-corrected chi connectivity index (χ0v) is 11.0. The van der Waals surface area contributed by atoms with E-state index in [1.54, 1.807) is 18.3 Å². The number of carbonyl (C=O) groups excluding carboxylic acids is 1. The highest BCUT2D eigenvalue weighted by Crippen LogP contribution is 2.20. The largest absolute Gasteiger partial charge is 0.361 e. The molecule has 20 heavy (non-hydrogen) atoms. The number of carbonyl (C=O) groups is 1. The molecule has 0 saturated heterocycles. The van der Waals surface area contributed by atoms with Gasteiger partial charge < -0.3 is 10.3 Å². The first-order valence-electron chi connectivity index (χ1n) is 5.97. The zero-order valence-electron chi connectivity index (χ0n) is 10.3. The van der Waals surface area contributed by atoms with Crippen molar-refractivity contribution in [2.45, 2.75) is 0 Å². The molecule has 2 N–H and O–H groups in total. The van der Waals surface area contributed by atoms with Crippen molar-refractivity contribution in [3.63, 3.8) is 0 Å². The van der Waals surface area contributed by atoms with Crippen LogP contribution in [0, 0.1) is 5.82 Å². The van der Waals surface area contributed by atoms with Gasteiger partial charge in [-0.05, 0) is 42.5 Å². The lowest BCUT2D eigenvalue weighted by atomic mass is 10.1. The van der Waals surface area contributed by atoms with Crippen molar-refractivity contribution in [3.8, 4) is 0 Å². The molecule has 3 aromatic rings. The van der Waals surface area contributed by atoms with Crippen molar-refractivity contribution >= 4 is 34.1 Å². The Kier molecular flexibility index (Phi) is 3.16. The molecule has 3 nitrogen and oxygen atoms in total. The van der Waals surface area contributed by atoms with Crippen molar-refractivity contribution < 1.29 is 9.18 Å². The molecular formula is C15H10ClFN2O. The van der Waals surface area contributed by atoms with Crippen molar-refractivity contribution in [1.82, 2.24) is 4.98 Å². The van der Waals surface area contributed by atoms with Crippen molar-refractivity contribution in [2.75, 3.05) is 5.32 Å². The van der Waals surface area contributed by atoms with E-state index in [1.807, 2.05) is 12.1 Å². The van der Waals surface area contributed by atoms with Gasteiger partial charge in [0.2, 0.25) is 0 Å². The average molecular weight is 289 g/mol. The highest BCUT2D eigenvalue weighted by atomic mass is 35.5.